The largest absolute Gasteiger partial charge is 0.314 e. The van der Waals surface area contributed by atoms with Gasteiger partial charge in [-0.2, -0.15) is 0 Å². The van der Waals surface area contributed by atoms with Crippen LogP contribution in [-0.4, -0.2) is 36.0 Å². The van der Waals surface area contributed by atoms with Crippen LogP contribution in [0.4, 0.5) is 5.69 Å². The summed E-state index contributed by atoms with van der Waals surface area (Å²) in [6.07, 6.45) is 3.79. The van der Waals surface area contributed by atoms with Crippen molar-refractivity contribution in [3.05, 3.63) is 39.4 Å². The maximum absolute atomic E-state index is 11.2. The zero-order valence-electron chi connectivity index (χ0n) is 13.4. The number of hydrogen-bond donors (Lipinski definition) is 1. The van der Waals surface area contributed by atoms with Crippen molar-refractivity contribution in [2.24, 2.45) is 5.92 Å². The summed E-state index contributed by atoms with van der Waals surface area (Å²) >= 11 is 0. The Morgan fingerprint density at radius 1 is 1.26 bits per heavy atom. The summed E-state index contributed by atoms with van der Waals surface area (Å²) < 4.78 is 0. The lowest BCUT2D eigenvalue weighted by Gasteiger charge is -2.43. The molecular formula is C16H25Cl2N3O2. The zero-order valence-corrected chi connectivity index (χ0v) is 15.0. The summed E-state index contributed by atoms with van der Waals surface area (Å²) in [5, 5.41) is 14.6. The fraction of sp³-hybridized carbons (Fsp3) is 0.625. The Kier molecular flexibility index (Phi) is 7.74. The molecule has 1 aromatic rings. The first kappa shape index (κ1) is 20.2. The topological polar surface area (TPSA) is 58.4 Å². The number of nitro benzene ring substituents is 1. The second-order valence-electron chi connectivity index (χ2n) is 6.22. The molecule has 1 N–H and O–H groups in total. The molecule has 1 aliphatic carbocycles. The summed E-state index contributed by atoms with van der Waals surface area (Å²) in [5.41, 5.74) is 2.13. The number of rotatable bonds is 4. The minimum absolute atomic E-state index is 0. The Morgan fingerprint density at radius 3 is 2.43 bits per heavy atom. The van der Waals surface area contributed by atoms with Crippen molar-refractivity contribution in [2.75, 3.05) is 26.2 Å². The molecule has 1 saturated carbocycles. The Hall–Kier alpha value is -0.880. The molecule has 1 aromatic carbocycles. The molecule has 2 aliphatic rings. The number of piperazine rings is 1. The standard InChI is InChI=1S/C16H23N3O2.2ClH/c1-12-5-6-14(11-15(12)19(20)21)16(13-3-2-4-13)18-9-7-17-8-10-18;;/h5-6,11,13,16-17H,2-4,7-10H2,1H3;2*1H/t16-;;/m1../s1. The van der Waals surface area contributed by atoms with E-state index in [1.54, 1.807) is 6.07 Å². The molecule has 1 heterocycles. The van der Waals surface area contributed by atoms with E-state index in [1.165, 1.54) is 19.3 Å². The highest BCUT2D eigenvalue weighted by Gasteiger charge is 2.34. The van der Waals surface area contributed by atoms with Crippen molar-refractivity contribution < 1.29 is 4.92 Å². The molecule has 0 spiro atoms. The van der Waals surface area contributed by atoms with Crippen molar-refractivity contribution in [3.8, 4) is 0 Å². The normalized spacial score (nSPS) is 19.9. The van der Waals surface area contributed by atoms with E-state index in [9.17, 15) is 10.1 Å². The highest BCUT2D eigenvalue weighted by Crippen LogP contribution is 2.42. The van der Waals surface area contributed by atoms with Crippen LogP contribution in [0.5, 0.6) is 0 Å². The molecule has 23 heavy (non-hydrogen) atoms. The van der Waals surface area contributed by atoms with Gasteiger partial charge in [0, 0.05) is 43.9 Å². The monoisotopic (exact) mass is 361 g/mol. The van der Waals surface area contributed by atoms with E-state index in [0.717, 1.165) is 37.3 Å². The summed E-state index contributed by atoms with van der Waals surface area (Å²) in [5.74, 6) is 0.658. The fourth-order valence-electron chi connectivity index (χ4n) is 3.50. The fourth-order valence-corrected chi connectivity index (χ4v) is 3.50. The van der Waals surface area contributed by atoms with Gasteiger partial charge in [0.05, 0.1) is 4.92 Å². The molecular weight excluding hydrogens is 337 g/mol. The molecule has 0 aromatic heterocycles. The van der Waals surface area contributed by atoms with E-state index in [2.05, 4.69) is 16.3 Å². The summed E-state index contributed by atoms with van der Waals surface area (Å²) in [6.45, 7) is 5.89. The second-order valence-corrected chi connectivity index (χ2v) is 6.22. The van der Waals surface area contributed by atoms with Crippen LogP contribution in [0.25, 0.3) is 0 Å². The molecule has 0 unspecified atom stereocenters. The van der Waals surface area contributed by atoms with Gasteiger partial charge < -0.3 is 5.32 Å². The number of nitrogens with one attached hydrogen (secondary N) is 1. The lowest BCUT2D eigenvalue weighted by molar-refractivity contribution is -0.385. The van der Waals surface area contributed by atoms with Gasteiger partial charge in [0.2, 0.25) is 0 Å². The van der Waals surface area contributed by atoms with Gasteiger partial charge in [-0.3, -0.25) is 15.0 Å². The van der Waals surface area contributed by atoms with Crippen LogP contribution >= 0.6 is 24.8 Å². The van der Waals surface area contributed by atoms with E-state index < -0.39 is 0 Å². The highest BCUT2D eigenvalue weighted by molar-refractivity contribution is 5.85. The van der Waals surface area contributed by atoms with Crippen LogP contribution in [0.3, 0.4) is 0 Å². The third-order valence-corrected chi connectivity index (χ3v) is 4.91. The Bertz CT molecular complexity index is 532. The lowest BCUT2D eigenvalue weighted by Crippen LogP contribution is -2.47. The Labute approximate surface area is 149 Å². The molecule has 7 heteroatoms. The molecule has 1 saturated heterocycles. The molecule has 0 radical (unpaired) electrons. The van der Waals surface area contributed by atoms with Crippen LogP contribution in [0.1, 0.15) is 36.4 Å². The lowest BCUT2D eigenvalue weighted by atomic mass is 9.76. The van der Waals surface area contributed by atoms with Gasteiger partial charge in [0.1, 0.15) is 0 Å². The maximum atomic E-state index is 11.2. The van der Waals surface area contributed by atoms with Gasteiger partial charge in [0.15, 0.2) is 0 Å². The first-order valence-electron chi connectivity index (χ1n) is 7.86. The molecule has 130 valence electrons. The minimum atomic E-state index is -0.256. The number of aryl methyl sites for hydroxylation is 1. The highest BCUT2D eigenvalue weighted by atomic mass is 35.5. The van der Waals surface area contributed by atoms with Gasteiger partial charge in [-0.05, 0) is 31.2 Å². The molecule has 3 rings (SSSR count). The Balaban J connectivity index is 0.00000132. The second kappa shape index (κ2) is 8.83. The molecule has 5 nitrogen and oxygen atoms in total. The average Bonchev–Trinajstić information content (AvgIpc) is 2.44. The van der Waals surface area contributed by atoms with Crippen LogP contribution in [0, 0.1) is 23.0 Å². The van der Waals surface area contributed by atoms with Gasteiger partial charge >= 0.3 is 0 Å². The summed E-state index contributed by atoms with van der Waals surface area (Å²) in [6, 6.07) is 6.15. The summed E-state index contributed by atoms with van der Waals surface area (Å²) in [4.78, 5) is 13.5. The number of halogens is 2. The Morgan fingerprint density at radius 2 is 1.91 bits per heavy atom. The quantitative estimate of drug-likeness (QED) is 0.658. The van der Waals surface area contributed by atoms with Crippen LogP contribution in [0.2, 0.25) is 0 Å². The first-order chi connectivity index (χ1) is 10.2. The third-order valence-electron chi connectivity index (χ3n) is 4.91. The molecule has 1 aliphatic heterocycles. The molecule has 2 fully saturated rings. The van der Waals surface area contributed by atoms with Gasteiger partial charge in [-0.1, -0.05) is 18.6 Å². The number of nitrogens with zero attached hydrogens (tertiary/aromatic N) is 2. The zero-order chi connectivity index (χ0) is 14.8. The van der Waals surface area contributed by atoms with Crippen molar-refractivity contribution >= 4 is 30.5 Å². The molecule has 1 atom stereocenters. The third kappa shape index (κ3) is 4.35. The van der Waals surface area contributed by atoms with Crippen LogP contribution in [-0.2, 0) is 0 Å². The van der Waals surface area contributed by atoms with E-state index in [-0.39, 0.29) is 35.4 Å². The van der Waals surface area contributed by atoms with E-state index in [4.69, 9.17) is 0 Å². The van der Waals surface area contributed by atoms with Gasteiger partial charge in [0.25, 0.3) is 5.69 Å². The van der Waals surface area contributed by atoms with E-state index in [1.807, 2.05) is 13.0 Å². The van der Waals surface area contributed by atoms with Crippen LogP contribution in [0.15, 0.2) is 18.2 Å². The van der Waals surface area contributed by atoms with Gasteiger partial charge in [-0.15, -0.1) is 24.8 Å². The number of hydrogen-bond acceptors (Lipinski definition) is 4. The molecule has 0 amide bonds. The van der Waals surface area contributed by atoms with Crippen molar-refractivity contribution in [1.29, 1.82) is 0 Å². The van der Waals surface area contributed by atoms with Crippen molar-refractivity contribution in [3.63, 3.8) is 0 Å². The predicted octanol–water partition coefficient (Wildman–Crippen LogP) is 3.49. The predicted molar refractivity (Wildman–Crippen MR) is 96.9 cm³/mol. The van der Waals surface area contributed by atoms with Crippen molar-refractivity contribution in [1.82, 2.24) is 10.2 Å². The number of benzene rings is 1. The summed E-state index contributed by atoms with van der Waals surface area (Å²) in [7, 11) is 0. The van der Waals surface area contributed by atoms with Crippen molar-refractivity contribution in [2.45, 2.75) is 32.2 Å². The molecule has 0 bridgehead atoms. The SMILES string of the molecule is Cc1ccc([C@@H](C2CCC2)N2CCNCC2)cc1[N+](=O)[O-].Cl.Cl. The smallest absolute Gasteiger partial charge is 0.272 e. The minimum Gasteiger partial charge on any atom is -0.314 e. The van der Waals surface area contributed by atoms with E-state index >= 15 is 0 Å². The van der Waals surface area contributed by atoms with Gasteiger partial charge in [-0.25, -0.2) is 0 Å². The average molecular weight is 362 g/mol. The number of nitro groups is 1. The van der Waals surface area contributed by atoms with Crippen LogP contribution < -0.4 is 5.32 Å². The van der Waals surface area contributed by atoms with E-state index in [0.29, 0.717) is 12.0 Å². The first-order valence-corrected chi connectivity index (χ1v) is 7.86. The maximum Gasteiger partial charge on any atom is 0.272 e.